The predicted molar refractivity (Wildman–Crippen MR) is 129 cm³/mol. The minimum absolute atomic E-state index is 0.0953. The Kier molecular flexibility index (Phi) is 12.6. The second kappa shape index (κ2) is 14.7. The van der Waals surface area contributed by atoms with Gasteiger partial charge < -0.3 is 9.90 Å². The van der Waals surface area contributed by atoms with E-state index in [1.54, 1.807) is 13.0 Å². The molecule has 0 aliphatic carbocycles. The van der Waals surface area contributed by atoms with Gasteiger partial charge in [-0.1, -0.05) is 67.6 Å². The Hall–Kier alpha value is -2.30. The Morgan fingerprint density at radius 1 is 1.10 bits per heavy atom. The van der Waals surface area contributed by atoms with Gasteiger partial charge in [-0.3, -0.25) is 9.69 Å². The summed E-state index contributed by atoms with van der Waals surface area (Å²) in [6.45, 7) is 13.5. The molecule has 1 aromatic rings. The second-order valence-corrected chi connectivity index (χ2v) is 8.47. The smallest absolute Gasteiger partial charge is 0.176 e. The van der Waals surface area contributed by atoms with Gasteiger partial charge in [-0.2, -0.15) is 0 Å². The van der Waals surface area contributed by atoms with E-state index in [2.05, 4.69) is 35.7 Å². The lowest BCUT2D eigenvalue weighted by molar-refractivity contribution is -0.117. The van der Waals surface area contributed by atoms with Crippen molar-refractivity contribution in [3.05, 3.63) is 71.8 Å². The lowest BCUT2D eigenvalue weighted by Crippen LogP contribution is -2.29. The third-order valence-corrected chi connectivity index (χ3v) is 5.54. The zero-order chi connectivity index (χ0) is 23.2. The van der Waals surface area contributed by atoms with Crippen LogP contribution in [0, 0.1) is 11.8 Å². The zero-order valence-corrected chi connectivity index (χ0v) is 19.6. The monoisotopic (exact) mass is 425 g/mol. The van der Waals surface area contributed by atoms with Crippen molar-refractivity contribution in [2.45, 2.75) is 47.0 Å². The van der Waals surface area contributed by atoms with Gasteiger partial charge in [0.05, 0.1) is 6.54 Å². The topological polar surface area (TPSA) is 57.6 Å². The van der Waals surface area contributed by atoms with E-state index in [4.69, 9.17) is 0 Å². The number of likely N-dealkylation sites (tertiary alicyclic amines) is 1. The van der Waals surface area contributed by atoms with Crippen molar-refractivity contribution in [1.82, 2.24) is 4.90 Å². The molecule has 0 radical (unpaired) electrons. The van der Waals surface area contributed by atoms with Crippen molar-refractivity contribution < 1.29 is 14.7 Å². The number of aryl methyl sites for hydroxylation is 1. The molecule has 1 heterocycles. The van der Waals surface area contributed by atoms with Crippen molar-refractivity contribution in [1.29, 1.82) is 0 Å². The molecule has 1 N–H and O–H groups in total. The molecule has 0 amide bonds. The summed E-state index contributed by atoms with van der Waals surface area (Å²) >= 11 is 0. The maximum Gasteiger partial charge on any atom is 0.176 e. The molecule has 1 aromatic carbocycles. The second-order valence-electron chi connectivity index (χ2n) is 8.47. The van der Waals surface area contributed by atoms with Crippen molar-refractivity contribution in [3.63, 3.8) is 0 Å². The summed E-state index contributed by atoms with van der Waals surface area (Å²) in [6, 6.07) is 10.5. The number of rotatable bonds is 10. The van der Waals surface area contributed by atoms with E-state index in [0.717, 1.165) is 31.5 Å². The van der Waals surface area contributed by atoms with Crippen molar-refractivity contribution >= 4 is 11.6 Å². The Balaban J connectivity index is 0.000000861. The maximum atomic E-state index is 12.6. The van der Waals surface area contributed by atoms with E-state index in [-0.39, 0.29) is 24.1 Å². The minimum Gasteiger partial charge on any atom is -0.396 e. The van der Waals surface area contributed by atoms with Crippen LogP contribution in [0.15, 0.2) is 66.3 Å². The minimum atomic E-state index is 0.0953. The molecular formula is C27H39NO3. The van der Waals surface area contributed by atoms with E-state index in [0.29, 0.717) is 24.5 Å². The first-order valence-electron chi connectivity index (χ1n) is 11.2. The third-order valence-electron chi connectivity index (χ3n) is 5.54. The van der Waals surface area contributed by atoms with Gasteiger partial charge in [0.25, 0.3) is 0 Å². The fourth-order valence-corrected chi connectivity index (χ4v) is 3.52. The van der Waals surface area contributed by atoms with E-state index in [1.165, 1.54) is 5.56 Å². The molecule has 31 heavy (non-hydrogen) atoms. The molecule has 4 heteroatoms. The molecule has 1 aliphatic heterocycles. The molecule has 2 atom stereocenters. The quantitative estimate of drug-likeness (QED) is 0.432. The Labute approximate surface area is 188 Å². The summed E-state index contributed by atoms with van der Waals surface area (Å²) in [6.07, 6.45) is 8.15. The molecule has 4 nitrogen and oxygen atoms in total. The first kappa shape index (κ1) is 26.7. The molecule has 1 fully saturated rings. The summed E-state index contributed by atoms with van der Waals surface area (Å²) in [5.74, 6) is 1.03. The van der Waals surface area contributed by atoms with Gasteiger partial charge >= 0.3 is 0 Å². The molecule has 0 spiro atoms. The van der Waals surface area contributed by atoms with Crippen LogP contribution in [0.4, 0.5) is 0 Å². The number of ketones is 2. The highest BCUT2D eigenvalue weighted by molar-refractivity contribution is 5.99. The molecular weight excluding hydrogens is 386 g/mol. The largest absolute Gasteiger partial charge is 0.396 e. The fourth-order valence-electron chi connectivity index (χ4n) is 3.52. The number of aliphatic hydroxyl groups is 1. The van der Waals surface area contributed by atoms with E-state index in [9.17, 15) is 14.7 Å². The van der Waals surface area contributed by atoms with Gasteiger partial charge in [0.1, 0.15) is 5.78 Å². The van der Waals surface area contributed by atoms with Gasteiger partial charge in [-0.25, -0.2) is 0 Å². The van der Waals surface area contributed by atoms with E-state index in [1.807, 2.05) is 39.0 Å². The van der Waals surface area contributed by atoms with Crippen LogP contribution < -0.4 is 0 Å². The molecule has 1 saturated heterocycles. The van der Waals surface area contributed by atoms with Crippen LogP contribution in [0.5, 0.6) is 0 Å². The lowest BCUT2D eigenvalue weighted by Gasteiger charge is -2.16. The molecule has 170 valence electrons. The molecule has 0 saturated carbocycles. The Morgan fingerprint density at radius 2 is 1.71 bits per heavy atom. The highest BCUT2D eigenvalue weighted by Crippen LogP contribution is 2.27. The standard InChI is InChI=1S/C23H31NO2.C4H8O/c1-4-20(12-10-18(2)3)23(26)16-24-14-21(22(15-24)17-25)13-11-19-8-6-5-7-9-19;1-3-4(2)5/h4-10,12,21-22,25H,1,11,13-17H2,2-3H3;3H2,1-2H3/b20-12+;/t21-,22-;/m1./s1. The van der Waals surface area contributed by atoms with Crippen LogP contribution in [0.3, 0.4) is 0 Å². The number of carbonyl (C=O) groups is 2. The first-order valence-corrected chi connectivity index (χ1v) is 11.2. The van der Waals surface area contributed by atoms with Crippen LogP contribution in [0.2, 0.25) is 0 Å². The highest BCUT2D eigenvalue weighted by Gasteiger charge is 2.32. The van der Waals surface area contributed by atoms with Gasteiger partial charge in [-0.05, 0) is 51.0 Å². The SMILES string of the molecule is C=C/C(=C\C=C(C)C)C(=O)CN1C[C@@H](CCc2ccccc2)[C@@H](CO)C1.CCC(C)=O. The Morgan fingerprint density at radius 3 is 2.23 bits per heavy atom. The molecule has 0 aromatic heterocycles. The predicted octanol–water partition coefficient (Wildman–Crippen LogP) is 4.79. The van der Waals surface area contributed by atoms with Gasteiger partial charge in [0, 0.05) is 31.7 Å². The molecule has 2 rings (SSSR count). The number of hydrogen-bond acceptors (Lipinski definition) is 4. The van der Waals surface area contributed by atoms with E-state index >= 15 is 0 Å². The first-order chi connectivity index (χ1) is 14.8. The van der Waals surface area contributed by atoms with Gasteiger partial charge in [0.15, 0.2) is 5.78 Å². The number of hydrogen-bond donors (Lipinski definition) is 1. The number of nitrogens with zero attached hydrogens (tertiary/aromatic N) is 1. The van der Waals surface area contributed by atoms with Gasteiger partial charge in [0.2, 0.25) is 0 Å². The number of aliphatic hydroxyl groups excluding tert-OH is 1. The third kappa shape index (κ3) is 10.5. The zero-order valence-electron chi connectivity index (χ0n) is 19.6. The van der Waals surface area contributed by atoms with Crippen molar-refractivity contribution in [2.75, 3.05) is 26.2 Å². The average Bonchev–Trinajstić information content (AvgIpc) is 3.15. The summed E-state index contributed by atoms with van der Waals surface area (Å²) in [4.78, 5) is 24.5. The van der Waals surface area contributed by atoms with Crippen LogP contribution in [0.25, 0.3) is 0 Å². The lowest BCUT2D eigenvalue weighted by atomic mass is 9.91. The number of allylic oxidation sites excluding steroid dienone is 4. The highest BCUT2D eigenvalue weighted by atomic mass is 16.3. The van der Waals surface area contributed by atoms with Crippen LogP contribution in [-0.4, -0.2) is 47.8 Å². The summed E-state index contributed by atoms with van der Waals surface area (Å²) in [7, 11) is 0. The van der Waals surface area contributed by atoms with Crippen molar-refractivity contribution in [3.8, 4) is 0 Å². The van der Waals surface area contributed by atoms with Crippen LogP contribution in [-0.2, 0) is 16.0 Å². The summed E-state index contributed by atoms with van der Waals surface area (Å²) < 4.78 is 0. The fraction of sp³-hybridized carbons (Fsp3) is 0.481. The van der Waals surface area contributed by atoms with Gasteiger partial charge in [-0.15, -0.1) is 0 Å². The summed E-state index contributed by atoms with van der Waals surface area (Å²) in [5.41, 5.74) is 3.14. The average molecular weight is 426 g/mol. The van der Waals surface area contributed by atoms with Crippen LogP contribution in [0.1, 0.15) is 46.1 Å². The molecule has 0 bridgehead atoms. The number of Topliss-reactive ketones (excluding diaryl/α,β-unsaturated/α-hetero) is 2. The molecule has 1 aliphatic rings. The number of carbonyl (C=O) groups excluding carboxylic acids is 2. The maximum absolute atomic E-state index is 12.6. The van der Waals surface area contributed by atoms with E-state index < -0.39 is 0 Å². The van der Waals surface area contributed by atoms with Crippen molar-refractivity contribution in [2.24, 2.45) is 11.8 Å². The summed E-state index contributed by atoms with van der Waals surface area (Å²) in [5, 5.41) is 9.74. The Bertz CT molecular complexity index is 760. The normalized spacial score (nSPS) is 18.7. The van der Waals surface area contributed by atoms with Crippen LogP contribution >= 0.6 is 0 Å². The number of benzene rings is 1. The molecule has 0 unspecified atom stereocenters.